The van der Waals surface area contributed by atoms with Gasteiger partial charge in [-0.15, -0.1) is 0 Å². The van der Waals surface area contributed by atoms with Gasteiger partial charge in [-0.05, 0) is 32.0 Å². The third-order valence-corrected chi connectivity index (χ3v) is 3.93. The molecule has 0 bridgehead atoms. The van der Waals surface area contributed by atoms with Crippen LogP contribution < -0.4 is 5.73 Å². The molecule has 3 unspecified atom stereocenters. The van der Waals surface area contributed by atoms with Gasteiger partial charge in [0.25, 0.3) is 0 Å². The Morgan fingerprint density at radius 1 is 1.43 bits per heavy atom. The molecule has 2 nitrogen and oxygen atoms in total. The first-order chi connectivity index (χ1) is 6.52. The molecule has 1 rings (SSSR count). The fourth-order valence-corrected chi connectivity index (χ4v) is 2.26. The van der Waals surface area contributed by atoms with E-state index >= 15 is 0 Å². The zero-order valence-electron chi connectivity index (χ0n) is 8.24. The molecule has 14 heavy (non-hydrogen) atoms. The maximum absolute atomic E-state index is 12.8. The molecule has 0 fully saturated rings. The van der Waals surface area contributed by atoms with Gasteiger partial charge in [-0.25, -0.2) is 4.39 Å². The molecule has 78 valence electrons. The summed E-state index contributed by atoms with van der Waals surface area (Å²) in [5, 5.41) is -0.170. The number of rotatable bonds is 3. The second-order valence-corrected chi connectivity index (χ2v) is 5.13. The van der Waals surface area contributed by atoms with Gasteiger partial charge < -0.3 is 5.73 Å². The molecule has 0 amide bonds. The van der Waals surface area contributed by atoms with Gasteiger partial charge in [-0.2, -0.15) is 0 Å². The SMILES string of the molecule is CC(N)C(C)S(=O)c1cccc(F)c1. The maximum atomic E-state index is 12.8. The van der Waals surface area contributed by atoms with Gasteiger partial charge >= 0.3 is 0 Å². The van der Waals surface area contributed by atoms with E-state index < -0.39 is 10.8 Å². The minimum atomic E-state index is -1.23. The average Bonchev–Trinajstić information content (AvgIpc) is 2.15. The lowest BCUT2D eigenvalue weighted by Gasteiger charge is -2.14. The summed E-state index contributed by atoms with van der Waals surface area (Å²) < 4.78 is 24.6. The molecule has 0 aliphatic rings. The van der Waals surface area contributed by atoms with E-state index in [9.17, 15) is 8.60 Å². The predicted molar refractivity (Wildman–Crippen MR) is 55.9 cm³/mol. The van der Waals surface area contributed by atoms with Crippen LogP contribution in [0.1, 0.15) is 13.8 Å². The Balaban J connectivity index is 2.89. The van der Waals surface area contributed by atoms with Crippen molar-refractivity contribution in [3.05, 3.63) is 30.1 Å². The number of hydrogen-bond acceptors (Lipinski definition) is 2. The molecule has 2 N–H and O–H groups in total. The molecule has 0 heterocycles. The molecule has 0 spiro atoms. The molecule has 0 aromatic heterocycles. The van der Waals surface area contributed by atoms with Gasteiger partial charge in [-0.1, -0.05) is 6.07 Å². The van der Waals surface area contributed by atoms with E-state index in [1.165, 1.54) is 12.1 Å². The van der Waals surface area contributed by atoms with Gasteiger partial charge in [-0.3, -0.25) is 4.21 Å². The van der Waals surface area contributed by atoms with Crippen LogP contribution in [0, 0.1) is 5.82 Å². The standard InChI is InChI=1S/C10H14FNOS/c1-7(12)8(2)14(13)10-5-3-4-9(11)6-10/h3-8H,12H2,1-2H3. The van der Waals surface area contributed by atoms with Crippen LogP contribution in [0.15, 0.2) is 29.2 Å². The lowest BCUT2D eigenvalue weighted by atomic mass is 10.3. The van der Waals surface area contributed by atoms with Crippen molar-refractivity contribution in [1.82, 2.24) is 0 Å². The average molecular weight is 215 g/mol. The lowest BCUT2D eigenvalue weighted by Crippen LogP contribution is -2.32. The van der Waals surface area contributed by atoms with Crippen LogP contribution in [0.2, 0.25) is 0 Å². The summed E-state index contributed by atoms with van der Waals surface area (Å²) in [7, 11) is -1.23. The van der Waals surface area contributed by atoms with E-state index in [2.05, 4.69) is 0 Å². The summed E-state index contributed by atoms with van der Waals surface area (Å²) in [6, 6.07) is 5.65. The first-order valence-corrected chi connectivity index (χ1v) is 5.65. The highest BCUT2D eigenvalue weighted by Gasteiger charge is 2.17. The van der Waals surface area contributed by atoms with Gasteiger partial charge in [0.05, 0.1) is 16.0 Å². The Labute approximate surface area is 85.8 Å². The van der Waals surface area contributed by atoms with Crippen molar-refractivity contribution in [2.75, 3.05) is 0 Å². The van der Waals surface area contributed by atoms with Crippen LogP contribution in [0.3, 0.4) is 0 Å². The van der Waals surface area contributed by atoms with Crippen molar-refractivity contribution < 1.29 is 8.60 Å². The second-order valence-electron chi connectivity index (χ2n) is 3.32. The number of nitrogens with two attached hydrogens (primary N) is 1. The van der Waals surface area contributed by atoms with Crippen LogP contribution in [-0.2, 0) is 10.8 Å². The molecule has 0 aliphatic heterocycles. The van der Waals surface area contributed by atoms with E-state index in [-0.39, 0.29) is 17.1 Å². The van der Waals surface area contributed by atoms with E-state index in [0.29, 0.717) is 4.90 Å². The second kappa shape index (κ2) is 4.66. The van der Waals surface area contributed by atoms with Crippen LogP contribution in [0.25, 0.3) is 0 Å². The van der Waals surface area contributed by atoms with Gasteiger partial charge in [0.1, 0.15) is 5.82 Å². The Morgan fingerprint density at radius 2 is 2.07 bits per heavy atom. The highest BCUT2D eigenvalue weighted by Crippen LogP contribution is 2.14. The fourth-order valence-electron chi connectivity index (χ4n) is 1.00. The van der Waals surface area contributed by atoms with Crippen molar-refractivity contribution >= 4 is 10.8 Å². The number of halogens is 1. The lowest BCUT2D eigenvalue weighted by molar-refractivity contribution is 0.620. The molecule has 3 atom stereocenters. The van der Waals surface area contributed by atoms with Gasteiger partial charge in [0.2, 0.25) is 0 Å². The largest absolute Gasteiger partial charge is 0.327 e. The molecular weight excluding hydrogens is 201 g/mol. The summed E-state index contributed by atoms with van der Waals surface area (Å²) in [4.78, 5) is 0.495. The van der Waals surface area contributed by atoms with E-state index in [1.807, 2.05) is 0 Å². The van der Waals surface area contributed by atoms with Crippen molar-refractivity contribution in [2.24, 2.45) is 5.73 Å². The molecule has 1 aromatic rings. The first-order valence-electron chi connectivity index (χ1n) is 4.44. The zero-order valence-corrected chi connectivity index (χ0v) is 9.05. The third-order valence-electron chi connectivity index (χ3n) is 2.11. The highest BCUT2D eigenvalue weighted by molar-refractivity contribution is 7.85. The van der Waals surface area contributed by atoms with Crippen molar-refractivity contribution in [1.29, 1.82) is 0 Å². The van der Waals surface area contributed by atoms with E-state index in [1.54, 1.807) is 26.0 Å². The molecule has 0 saturated heterocycles. The highest BCUT2D eigenvalue weighted by atomic mass is 32.2. The molecule has 4 heteroatoms. The summed E-state index contributed by atoms with van der Waals surface area (Å²) in [5.41, 5.74) is 5.63. The normalized spacial score (nSPS) is 17.4. The summed E-state index contributed by atoms with van der Waals surface area (Å²) in [6.07, 6.45) is 0. The van der Waals surface area contributed by atoms with Crippen LogP contribution in [-0.4, -0.2) is 15.5 Å². The minimum Gasteiger partial charge on any atom is -0.327 e. The monoisotopic (exact) mass is 215 g/mol. The van der Waals surface area contributed by atoms with Crippen molar-refractivity contribution in [2.45, 2.75) is 30.0 Å². The van der Waals surface area contributed by atoms with Crippen LogP contribution in [0.4, 0.5) is 4.39 Å². The van der Waals surface area contributed by atoms with Crippen LogP contribution in [0.5, 0.6) is 0 Å². The Morgan fingerprint density at radius 3 is 2.57 bits per heavy atom. The molecule has 0 radical (unpaired) electrons. The summed E-state index contributed by atoms with van der Waals surface area (Å²) in [5.74, 6) is -0.368. The quantitative estimate of drug-likeness (QED) is 0.833. The molecule has 1 aromatic carbocycles. The topological polar surface area (TPSA) is 43.1 Å². The maximum Gasteiger partial charge on any atom is 0.124 e. The van der Waals surface area contributed by atoms with E-state index in [0.717, 1.165) is 0 Å². The van der Waals surface area contributed by atoms with Gasteiger partial charge in [0.15, 0.2) is 0 Å². The Kier molecular flexibility index (Phi) is 3.77. The van der Waals surface area contributed by atoms with Crippen molar-refractivity contribution in [3.8, 4) is 0 Å². The minimum absolute atomic E-state index is 0.167. The number of benzene rings is 1. The summed E-state index contributed by atoms with van der Waals surface area (Å²) in [6.45, 7) is 3.59. The zero-order chi connectivity index (χ0) is 10.7. The Hall–Kier alpha value is -0.740. The van der Waals surface area contributed by atoms with Crippen LogP contribution >= 0.6 is 0 Å². The molecule has 0 saturated carbocycles. The Bertz CT molecular complexity index is 341. The van der Waals surface area contributed by atoms with E-state index in [4.69, 9.17) is 5.73 Å². The number of hydrogen-bond donors (Lipinski definition) is 1. The smallest absolute Gasteiger partial charge is 0.124 e. The third kappa shape index (κ3) is 2.62. The molecular formula is C10H14FNOS. The van der Waals surface area contributed by atoms with Gasteiger partial charge in [0, 0.05) is 10.9 Å². The van der Waals surface area contributed by atoms with Crippen molar-refractivity contribution in [3.63, 3.8) is 0 Å². The summed E-state index contributed by atoms with van der Waals surface area (Å²) >= 11 is 0. The fraction of sp³-hybridized carbons (Fsp3) is 0.400. The molecule has 0 aliphatic carbocycles. The predicted octanol–water partition coefficient (Wildman–Crippen LogP) is 1.67. The first kappa shape index (κ1) is 11.3.